The third-order valence-corrected chi connectivity index (χ3v) is 3.38. The zero-order valence-corrected chi connectivity index (χ0v) is 10.2. The molecule has 18 heavy (non-hydrogen) atoms. The number of hydrogen-bond donors (Lipinski definition) is 1. The van der Waals surface area contributed by atoms with Gasteiger partial charge in [-0.05, 0) is 25.0 Å². The molecule has 0 spiro atoms. The molecule has 1 aliphatic rings. The highest BCUT2D eigenvalue weighted by molar-refractivity contribution is 5.72. The Morgan fingerprint density at radius 1 is 1.44 bits per heavy atom. The zero-order valence-electron chi connectivity index (χ0n) is 10.2. The maximum absolute atomic E-state index is 8.93. The monoisotopic (exact) mass is 238 g/mol. The average molecular weight is 238 g/mol. The van der Waals surface area contributed by atoms with Crippen molar-refractivity contribution < 1.29 is 0 Å². The lowest BCUT2D eigenvalue weighted by Gasteiger charge is -2.01. The van der Waals surface area contributed by atoms with E-state index in [2.05, 4.69) is 11.1 Å². The summed E-state index contributed by atoms with van der Waals surface area (Å²) < 4.78 is 1.96. The second-order valence-electron chi connectivity index (χ2n) is 4.73. The van der Waals surface area contributed by atoms with Crippen LogP contribution < -0.4 is 5.73 Å². The number of nitriles is 1. The molecule has 0 bridgehead atoms. The quantitative estimate of drug-likeness (QED) is 0.873. The van der Waals surface area contributed by atoms with Gasteiger partial charge in [0.25, 0.3) is 0 Å². The van der Waals surface area contributed by atoms with Crippen LogP contribution in [-0.2, 0) is 7.05 Å². The van der Waals surface area contributed by atoms with Crippen molar-refractivity contribution in [2.24, 2.45) is 7.05 Å². The Kier molecular flexibility index (Phi) is 2.34. The smallest absolute Gasteiger partial charge is 0.131 e. The molecule has 4 nitrogen and oxygen atoms in total. The summed E-state index contributed by atoms with van der Waals surface area (Å²) in [5, 5.41) is 8.93. The normalized spacial score (nSPS) is 14.4. The lowest BCUT2D eigenvalue weighted by molar-refractivity contribution is 0.807. The first-order chi connectivity index (χ1) is 8.70. The molecular weight excluding hydrogens is 224 g/mol. The number of hydrogen-bond acceptors (Lipinski definition) is 3. The minimum absolute atomic E-state index is 0.560. The topological polar surface area (TPSA) is 67.6 Å². The number of nitrogens with two attached hydrogens (primary N) is 1. The molecule has 1 aromatic carbocycles. The van der Waals surface area contributed by atoms with Crippen LogP contribution in [0, 0.1) is 11.3 Å². The summed E-state index contributed by atoms with van der Waals surface area (Å²) in [4.78, 5) is 4.65. The summed E-state index contributed by atoms with van der Waals surface area (Å²) in [7, 11) is 1.95. The van der Waals surface area contributed by atoms with Crippen LogP contribution in [-0.4, -0.2) is 9.55 Å². The summed E-state index contributed by atoms with van der Waals surface area (Å²) in [6.07, 6.45) is 2.39. The number of rotatable bonds is 2. The van der Waals surface area contributed by atoms with Crippen molar-refractivity contribution in [3.05, 3.63) is 35.7 Å². The molecule has 2 N–H and O–H groups in total. The van der Waals surface area contributed by atoms with Crippen LogP contribution in [0.25, 0.3) is 11.3 Å². The molecule has 2 aromatic rings. The maximum Gasteiger partial charge on any atom is 0.131 e. The molecule has 4 heteroatoms. The minimum Gasteiger partial charge on any atom is -0.383 e. The maximum atomic E-state index is 8.93. The van der Waals surface area contributed by atoms with Crippen molar-refractivity contribution in [3.8, 4) is 17.3 Å². The van der Waals surface area contributed by atoms with Gasteiger partial charge in [0.1, 0.15) is 17.3 Å². The fraction of sp³-hybridized carbons (Fsp3) is 0.286. The van der Waals surface area contributed by atoms with Crippen LogP contribution in [0.1, 0.15) is 30.1 Å². The lowest BCUT2D eigenvalue weighted by Crippen LogP contribution is -2.00. The molecule has 0 saturated heterocycles. The van der Waals surface area contributed by atoms with Gasteiger partial charge in [-0.1, -0.05) is 12.1 Å². The van der Waals surface area contributed by atoms with Crippen molar-refractivity contribution >= 4 is 5.82 Å². The second-order valence-corrected chi connectivity index (χ2v) is 4.73. The van der Waals surface area contributed by atoms with Crippen LogP contribution in [0.3, 0.4) is 0 Å². The van der Waals surface area contributed by atoms with Gasteiger partial charge in [-0.25, -0.2) is 4.98 Å². The standard InChI is InChI=1S/C14H14N4/c1-18-13(16)12(17-14(18)10-5-6-10)11-4-2-3-9(7-11)8-15/h2-4,7,10H,5-6,16H2,1H3. The van der Waals surface area contributed by atoms with Crippen molar-refractivity contribution in [1.29, 1.82) is 5.26 Å². The molecule has 90 valence electrons. The Bertz CT molecular complexity index is 644. The molecule has 3 rings (SSSR count). The fourth-order valence-corrected chi connectivity index (χ4v) is 2.18. The Hall–Kier alpha value is -2.28. The molecule has 1 saturated carbocycles. The number of anilines is 1. The molecule has 0 unspecified atom stereocenters. The predicted octanol–water partition coefficient (Wildman–Crippen LogP) is 2.42. The van der Waals surface area contributed by atoms with Crippen molar-refractivity contribution in [2.75, 3.05) is 5.73 Å². The zero-order chi connectivity index (χ0) is 12.7. The van der Waals surface area contributed by atoms with E-state index in [0.717, 1.165) is 17.1 Å². The van der Waals surface area contributed by atoms with Crippen LogP contribution in [0.2, 0.25) is 0 Å². The van der Waals surface area contributed by atoms with E-state index in [1.165, 1.54) is 12.8 Å². The Morgan fingerprint density at radius 2 is 2.22 bits per heavy atom. The molecule has 0 amide bonds. The molecule has 1 aromatic heterocycles. The van der Waals surface area contributed by atoms with E-state index in [0.29, 0.717) is 17.3 Å². The number of nitrogens with zero attached hydrogens (tertiary/aromatic N) is 3. The molecular formula is C14H14N4. The van der Waals surface area contributed by atoms with E-state index < -0.39 is 0 Å². The molecule has 1 heterocycles. The van der Waals surface area contributed by atoms with Gasteiger partial charge in [-0.15, -0.1) is 0 Å². The third-order valence-electron chi connectivity index (χ3n) is 3.38. The Balaban J connectivity index is 2.11. The fourth-order valence-electron chi connectivity index (χ4n) is 2.18. The lowest BCUT2D eigenvalue weighted by atomic mass is 10.1. The summed E-state index contributed by atoms with van der Waals surface area (Å²) >= 11 is 0. The molecule has 0 radical (unpaired) electrons. The van der Waals surface area contributed by atoms with Crippen molar-refractivity contribution in [3.63, 3.8) is 0 Å². The van der Waals surface area contributed by atoms with Crippen molar-refractivity contribution in [2.45, 2.75) is 18.8 Å². The van der Waals surface area contributed by atoms with Gasteiger partial charge in [0, 0.05) is 18.5 Å². The van der Waals surface area contributed by atoms with E-state index in [1.54, 1.807) is 6.07 Å². The summed E-state index contributed by atoms with van der Waals surface area (Å²) in [5.41, 5.74) is 8.44. The number of benzene rings is 1. The largest absolute Gasteiger partial charge is 0.383 e. The Labute approximate surface area is 106 Å². The van der Waals surface area contributed by atoms with Gasteiger partial charge < -0.3 is 10.3 Å². The average Bonchev–Trinajstić information content (AvgIpc) is 3.19. The van der Waals surface area contributed by atoms with Gasteiger partial charge in [-0.3, -0.25) is 0 Å². The van der Waals surface area contributed by atoms with E-state index in [1.807, 2.05) is 29.8 Å². The minimum atomic E-state index is 0.560. The Morgan fingerprint density at radius 3 is 2.89 bits per heavy atom. The molecule has 1 aliphatic carbocycles. The van der Waals surface area contributed by atoms with Gasteiger partial charge in [0.2, 0.25) is 0 Å². The number of nitrogen functional groups attached to an aromatic ring is 1. The van der Waals surface area contributed by atoms with Gasteiger partial charge in [0.05, 0.1) is 11.6 Å². The summed E-state index contributed by atoms with van der Waals surface area (Å²) in [6.45, 7) is 0. The number of imidazole rings is 1. The van der Waals surface area contributed by atoms with Crippen LogP contribution in [0.5, 0.6) is 0 Å². The number of aromatic nitrogens is 2. The van der Waals surface area contributed by atoms with E-state index in [4.69, 9.17) is 11.0 Å². The summed E-state index contributed by atoms with van der Waals surface area (Å²) in [6, 6.07) is 9.55. The first-order valence-corrected chi connectivity index (χ1v) is 6.03. The second kappa shape index (κ2) is 3.88. The molecule has 0 aliphatic heterocycles. The van der Waals surface area contributed by atoms with Gasteiger partial charge >= 0.3 is 0 Å². The predicted molar refractivity (Wildman–Crippen MR) is 69.7 cm³/mol. The van der Waals surface area contributed by atoms with Crippen LogP contribution in [0.15, 0.2) is 24.3 Å². The first-order valence-electron chi connectivity index (χ1n) is 6.03. The molecule has 1 fully saturated rings. The molecule has 0 atom stereocenters. The third kappa shape index (κ3) is 1.65. The summed E-state index contributed by atoms with van der Waals surface area (Å²) in [5.74, 6) is 2.29. The highest BCUT2D eigenvalue weighted by Crippen LogP contribution is 2.41. The SMILES string of the molecule is Cn1c(C2CC2)nc(-c2cccc(C#N)c2)c1N. The van der Waals surface area contributed by atoms with Crippen molar-refractivity contribution in [1.82, 2.24) is 9.55 Å². The highest BCUT2D eigenvalue weighted by atomic mass is 15.1. The van der Waals surface area contributed by atoms with E-state index in [-0.39, 0.29) is 0 Å². The highest BCUT2D eigenvalue weighted by Gasteiger charge is 2.29. The van der Waals surface area contributed by atoms with Crippen LogP contribution in [0.4, 0.5) is 5.82 Å². The van der Waals surface area contributed by atoms with Gasteiger partial charge in [-0.2, -0.15) is 5.26 Å². The van der Waals surface area contributed by atoms with E-state index in [9.17, 15) is 0 Å². The van der Waals surface area contributed by atoms with E-state index >= 15 is 0 Å². The van der Waals surface area contributed by atoms with Crippen LogP contribution >= 0.6 is 0 Å². The first kappa shape index (κ1) is 10.8. The van der Waals surface area contributed by atoms with Gasteiger partial charge in [0.15, 0.2) is 0 Å².